The smallest absolute Gasteiger partial charge is 0.366 e. The van der Waals surface area contributed by atoms with Gasteiger partial charge in [-0.05, 0) is 84.9 Å². The van der Waals surface area contributed by atoms with E-state index in [1.54, 1.807) is 0 Å². The molecule has 0 amide bonds. The topological polar surface area (TPSA) is 14.8 Å². The number of aromatic nitrogens is 3. The molecule has 0 radical (unpaired) electrons. The minimum absolute atomic E-state index is 0. The van der Waals surface area contributed by atoms with Crippen molar-refractivity contribution in [3.05, 3.63) is 297 Å². The van der Waals surface area contributed by atoms with Crippen LogP contribution in [0.15, 0.2) is 273 Å². The quantitative estimate of drug-likeness (QED) is 0.0654. The fourth-order valence-electron chi connectivity index (χ4n) is 11.1. The molecule has 0 N–H and O–H groups in total. The Balaban J connectivity index is 0.000000168. The van der Waals surface area contributed by atoms with E-state index in [-0.39, 0.29) is 44.8 Å². The Morgan fingerprint density at radius 1 is 0.291 bits per heavy atom. The molecule has 3 heterocycles. The van der Waals surface area contributed by atoms with E-state index in [0.717, 1.165) is 22.2 Å². The summed E-state index contributed by atoms with van der Waals surface area (Å²) in [5.41, 5.74) is 10.1. The summed E-state index contributed by atoms with van der Waals surface area (Å²) in [6.07, 6.45) is 14.3. The average Bonchev–Trinajstić information content (AvgIpc) is 4.28. The van der Waals surface area contributed by atoms with Crippen LogP contribution >= 0.6 is 15.8 Å². The maximum atomic E-state index is 7.16. The molecule has 0 aliphatic rings. The Labute approximate surface area is 496 Å². The largest absolute Gasteiger partial charge is 1.00 e. The van der Waals surface area contributed by atoms with Gasteiger partial charge in [-0.15, -0.1) is 35.4 Å². The van der Waals surface area contributed by atoms with Crippen molar-refractivity contribution in [2.75, 3.05) is 0 Å². The average molecular weight is 1420 g/mol. The van der Waals surface area contributed by atoms with Crippen LogP contribution in [0.5, 0.6) is 0 Å². The molecule has 79 heavy (non-hydrogen) atoms. The van der Waals surface area contributed by atoms with Gasteiger partial charge in [-0.3, -0.25) is 11.8 Å². The number of hydrogen-bond acceptors (Lipinski definition) is 0. The maximum absolute atomic E-state index is 7.16. The molecule has 0 aliphatic heterocycles. The van der Waals surface area contributed by atoms with Crippen molar-refractivity contribution in [3.63, 3.8) is 0 Å². The van der Waals surface area contributed by atoms with E-state index in [2.05, 4.69) is 276 Å². The van der Waals surface area contributed by atoms with Crippen LogP contribution in [0.2, 0.25) is 0 Å². The van der Waals surface area contributed by atoms with Crippen molar-refractivity contribution in [2.24, 2.45) is 14.1 Å². The first-order valence-electron chi connectivity index (χ1n) is 25.9. The molecule has 11 aromatic carbocycles. The Morgan fingerprint density at radius 3 is 1.00 bits per heavy atom. The predicted molar refractivity (Wildman–Crippen MR) is 334 cm³/mol. The molecule has 0 bridgehead atoms. The van der Waals surface area contributed by atoms with Crippen LogP contribution in [0.1, 0.15) is 11.1 Å². The van der Waals surface area contributed by atoms with E-state index in [9.17, 15) is 0 Å². The second-order valence-electron chi connectivity index (χ2n) is 19.2. The first-order valence-corrected chi connectivity index (χ1v) is 28.9. The van der Waals surface area contributed by atoms with E-state index in [1.165, 1.54) is 91.9 Å². The molecule has 0 atom stereocenters. The summed E-state index contributed by atoms with van der Waals surface area (Å²) < 4.78 is 6.78. The molecule has 0 unspecified atom stereocenters. The van der Waals surface area contributed by atoms with Gasteiger partial charge in [0.2, 0.25) is 0 Å². The monoisotopic (exact) mass is 1420 g/mol. The third-order valence-corrected chi connectivity index (χ3v) is 20.5. The molecule has 0 aliphatic carbocycles. The number of benzene rings is 11. The molecule has 0 spiro atoms. The molecule has 7 heteroatoms. The second-order valence-corrected chi connectivity index (χ2v) is 24.1. The molecular weight excluding hydrogens is 1360 g/mol. The zero-order valence-corrected chi connectivity index (χ0v) is 49.8. The van der Waals surface area contributed by atoms with Gasteiger partial charge < -0.3 is 26.5 Å². The van der Waals surface area contributed by atoms with Crippen molar-refractivity contribution in [2.45, 2.75) is 0 Å². The maximum Gasteiger partial charge on any atom is 1.00 e. The third kappa shape index (κ3) is 10.7. The summed E-state index contributed by atoms with van der Waals surface area (Å²) in [6.45, 7) is 0. The normalized spacial score (nSPS) is 10.9. The van der Waals surface area contributed by atoms with Gasteiger partial charge in [0.15, 0.2) is 0 Å². The van der Waals surface area contributed by atoms with Crippen LogP contribution < -0.4 is 31.8 Å². The van der Waals surface area contributed by atoms with Crippen molar-refractivity contribution in [1.82, 2.24) is 13.7 Å². The zero-order chi connectivity index (χ0) is 52.2. The van der Waals surface area contributed by atoms with Crippen LogP contribution in [-0.4, -0.2) is 13.7 Å². The van der Waals surface area contributed by atoms with E-state index >= 15 is 0 Å². The van der Waals surface area contributed by atoms with E-state index in [0.29, 0.717) is 0 Å². The van der Waals surface area contributed by atoms with Gasteiger partial charge in [0.25, 0.3) is 0 Å². The Hall–Kier alpha value is -7.72. The van der Waals surface area contributed by atoms with Gasteiger partial charge >= 0.3 is 44.8 Å². The summed E-state index contributed by atoms with van der Waals surface area (Å²) in [4.78, 5) is 0. The summed E-state index contributed by atoms with van der Waals surface area (Å²) >= 11 is 0. The minimum Gasteiger partial charge on any atom is -0.366 e. The number of nitrogens with zero attached hydrogens (tertiary/aromatic N) is 3. The van der Waals surface area contributed by atoms with Gasteiger partial charge in [-0.2, -0.15) is 0 Å². The number of para-hydroxylation sites is 4. The molecule has 0 saturated heterocycles. The number of hydrogen-bond donors (Lipinski definition) is 0. The Kier molecular flexibility index (Phi) is 17.0. The van der Waals surface area contributed by atoms with Gasteiger partial charge in [0.05, 0.1) is 11.0 Å². The fourth-order valence-corrected chi connectivity index (χ4v) is 17.2. The molecule has 3 aromatic heterocycles. The summed E-state index contributed by atoms with van der Waals surface area (Å²) in [5, 5.41) is 16.1. The minimum atomic E-state index is -1.38. The SMILES string of the molecule is [Au+].[Au+].[C-]#Cc1ccc2c3ccccc3n(C)c2c1.[C-]#Cc1ccc2c3ccccc3n(C)c2c1.c1ccc(-n2c3ccccc3c3cc([PH+](c4ccccc4)c4ccccc4)c([PH+](c4ccccc4)c4ccccc4)cc32)cc1. The summed E-state index contributed by atoms with van der Waals surface area (Å²) in [6, 6.07) is 98.3. The molecule has 0 fully saturated rings. The second kappa shape index (κ2) is 24.5. The number of aryl methyl sites for hydroxylation is 2. The van der Waals surface area contributed by atoms with Crippen molar-refractivity contribution >= 4 is 113 Å². The van der Waals surface area contributed by atoms with Gasteiger partial charge in [-0.25, -0.2) is 0 Å². The molecule has 3 nitrogen and oxygen atoms in total. The van der Waals surface area contributed by atoms with Gasteiger partial charge in [0.1, 0.15) is 47.7 Å². The van der Waals surface area contributed by atoms with Gasteiger partial charge in [-0.1, -0.05) is 158 Å². The van der Waals surface area contributed by atoms with Crippen molar-refractivity contribution < 1.29 is 44.8 Å². The van der Waals surface area contributed by atoms with Crippen molar-refractivity contribution in [1.29, 1.82) is 0 Å². The van der Waals surface area contributed by atoms with Crippen LogP contribution in [0.4, 0.5) is 0 Å². The molecule has 386 valence electrons. The van der Waals surface area contributed by atoms with Crippen LogP contribution in [0.25, 0.3) is 71.1 Å². The van der Waals surface area contributed by atoms with Crippen LogP contribution in [0.3, 0.4) is 0 Å². The number of rotatable bonds is 7. The molecular formula is C72H53Au2N3P2+2. The summed E-state index contributed by atoms with van der Waals surface area (Å²) in [7, 11) is 1.37. The Morgan fingerprint density at radius 2 is 0.608 bits per heavy atom. The van der Waals surface area contributed by atoms with Crippen LogP contribution in [-0.2, 0) is 58.9 Å². The molecule has 14 aromatic rings. The van der Waals surface area contributed by atoms with Crippen molar-refractivity contribution in [3.8, 4) is 17.5 Å². The third-order valence-electron chi connectivity index (χ3n) is 14.7. The van der Waals surface area contributed by atoms with E-state index in [1.807, 2.05) is 36.4 Å². The fraction of sp³-hybridized carbons (Fsp3) is 0.0278. The number of fused-ring (bicyclic) bond motifs is 9. The van der Waals surface area contributed by atoms with E-state index in [4.69, 9.17) is 12.8 Å². The Bertz CT molecular complexity index is 4290. The first-order chi connectivity index (χ1) is 38.0. The molecule has 14 rings (SSSR count). The molecule has 0 saturated carbocycles. The first kappa shape index (κ1) is 54.6. The standard InChI is InChI=1S/C42H31NP2.2C15H10N.2Au/c1-6-18-32(19-7-1)43-39-29-17-16-28-37(39)38-30-41(44(33-20-8-2-9-21-33)34-22-10-3-11-23-34)42(31-40(38)43)45(35-24-12-4-13-25-35)36-26-14-5-15-27-36;2*1-3-11-8-9-13-12-6-4-5-7-14(12)16(2)15(13)10-11;;/h1-31H;2*4-10H,2H3;;/q;2*-1;2*+1/p+2. The predicted octanol–water partition coefficient (Wildman–Crippen LogP) is 14.3. The van der Waals surface area contributed by atoms with Gasteiger partial charge in [0, 0.05) is 80.2 Å². The zero-order valence-electron chi connectivity index (χ0n) is 43.4. The van der Waals surface area contributed by atoms with Crippen LogP contribution in [0, 0.1) is 24.7 Å². The summed E-state index contributed by atoms with van der Waals surface area (Å²) in [5.74, 6) is 4.85. The van der Waals surface area contributed by atoms with E-state index < -0.39 is 15.8 Å².